The normalized spacial score (nSPS) is 16.9. The highest BCUT2D eigenvalue weighted by Crippen LogP contribution is 2.42. The van der Waals surface area contributed by atoms with Gasteiger partial charge >= 0.3 is 5.97 Å². The second-order valence-corrected chi connectivity index (χ2v) is 8.14. The lowest BCUT2D eigenvalue weighted by molar-refractivity contribution is -0.149. The van der Waals surface area contributed by atoms with E-state index in [2.05, 4.69) is 15.0 Å². The van der Waals surface area contributed by atoms with Gasteiger partial charge in [0.2, 0.25) is 10.8 Å². The average Bonchev–Trinajstić information content (AvgIpc) is 3.22. The third kappa shape index (κ3) is 3.72. The lowest BCUT2D eigenvalue weighted by atomic mass is 9.93. The fourth-order valence-corrected chi connectivity index (χ4v) is 5.03. The van der Waals surface area contributed by atoms with Gasteiger partial charge in [-0.15, -0.1) is 5.10 Å². The van der Waals surface area contributed by atoms with Crippen LogP contribution in [0.4, 0.5) is 4.39 Å². The van der Waals surface area contributed by atoms with E-state index < -0.39 is 6.04 Å². The molecule has 29 heavy (non-hydrogen) atoms. The molecule has 1 atom stereocenters. The molecule has 3 aromatic rings. The van der Waals surface area contributed by atoms with Crippen LogP contribution in [0.5, 0.6) is 5.88 Å². The van der Waals surface area contributed by atoms with Gasteiger partial charge < -0.3 is 9.84 Å². The molecule has 0 spiro atoms. The Morgan fingerprint density at radius 3 is 2.76 bits per heavy atom. The van der Waals surface area contributed by atoms with E-state index in [-0.39, 0.29) is 23.6 Å². The maximum absolute atomic E-state index is 14.7. The van der Waals surface area contributed by atoms with E-state index in [1.807, 2.05) is 0 Å². The molecule has 1 fully saturated rings. The Morgan fingerprint density at radius 1 is 1.38 bits per heavy atom. The van der Waals surface area contributed by atoms with Crippen LogP contribution in [0.3, 0.4) is 0 Å². The van der Waals surface area contributed by atoms with Gasteiger partial charge in [-0.2, -0.15) is 4.52 Å². The summed E-state index contributed by atoms with van der Waals surface area (Å²) >= 11 is 1.30. The molecule has 0 saturated carbocycles. The van der Waals surface area contributed by atoms with Gasteiger partial charge in [-0.1, -0.05) is 29.5 Å². The molecule has 1 N–H and O–H groups in total. The van der Waals surface area contributed by atoms with Gasteiger partial charge in [0.25, 0.3) is 0 Å². The predicted molar refractivity (Wildman–Crippen MR) is 106 cm³/mol. The smallest absolute Gasteiger partial charge is 0.309 e. The minimum atomic E-state index is -0.479. The van der Waals surface area contributed by atoms with Gasteiger partial charge in [0.05, 0.1) is 23.4 Å². The number of aromatic hydroxyl groups is 1. The second-order valence-electron chi connectivity index (χ2n) is 7.13. The quantitative estimate of drug-likeness (QED) is 0.641. The molecule has 3 heterocycles. The number of benzene rings is 1. The number of esters is 1. The summed E-state index contributed by atoms with van der Waals surface area (Å²) in [5.41, 5.74) is 0.485. The molecule has 1 aliphatic heterocycles. The van der Waals surface area contributed by atoms with Crippen molar-refractivity contribution in [1.29, 1.82) is 0 Å². The Hall–Kier alpha value is -2.52. The molecule has 9 heteroatoms. The van der Waals surface area contributed by atoms with Crippen molar-refractivity contribution in [2.75, 3.05) is 19.7 Å². The highest BCUT2D eigenvalue weighted by Gasteiger charge is 2.35. The van der Waals surface area contributed by atoms with E-state index in [4.69, 9.17) is 4.74 Å². The summed E-state index contributed by atoms with van der Waals surface area (Å²) in [7, 11) is 0. The molecular formula is C20H23FN4O3S. The van der Waals surface area contributed by atoms with E-state index >= 15 is 0 Å². The number of hydrogen-bond donors (Lipinski definition) is 1. The van der Waals surface area contributed by atoms with Crippen molar-refractivity contribution in [3.05, 3.63) is 46.3 Å². The summed E-state index contributed by atoms with van der Waals surface area (Å²) in [6.07, 6.45) is 1.26. The van der Waals surface area contributed by atoms with Crippen molar-refractivity contribution in [3.8, 4) is 5.88 Å². The molecule has 1 aliphatic rings. The van der Waals surface area contributed by atoms with E-state index in [0.29, 0.717) is 53.8 Å². The fourth-order valence-electron chi connectivity index (χ4n) is 3.88. The van der Waals surface area contributed by atoms with Crippen molar-refractivity contribution in [2.45, 2.75) is 32.7 Å². The van der Waals surface area contributed by atoms with Gasteiger partial charge in [0.15, 0.2) is 0 Å². The van der Waals surface area contributed by atoms with Crippen LogP contribution < -0.4 is 0 Å². The molecule has 4 rings (SSSR count). The SMILES string of the molecule is CCOC(=O)C1CCN(C(c2ccccc2F)c2sc3nc(C)nn3c2O)CC1. The summed E-state index contributed by atoms with van der Waals surface area (Å²) in [5.74, 6) is -0.112. The van der Waals surface area contributed by atoms with Crippen LogP contribution in [-0.4, -0.2) is 50.3 Å². The first-order valence-corrected chi connectivity index (χ1v) is 10.5. The largest absolute Gasteiger partial charge is 0.492 e. The zero-order valence-corrected chi connectivity index (χ0v) is 17.2. The van der Waals surface area contributed by atoms with Crippen LogP contribution in [0.15, 0.2) is 24.3 Å². The van der Waals surface area contributed by atoms with Crippen molar-refractivity contribution in [2.24, 2.45) is 5.92 Å². The van der Waals surface area contributed by atoms with Crippen molar-refractivity contribution in [3.63, 3.8) is 0 Å². The number of ether oxygens (including phenoxy) is 1. The summed E-state index contributed by atoms with van der Waals surface area (Å²) in [6.45, 7) is 5.11. The maximum atomic E-state index is 14.7. The van der Waals surface area contributed by atoms with Gasteiger partial charge in [0, 0.05) is 5.56 Å². The minimum Gasteiger partial charge on any atom is -0.492 e. The second kappa shape index (κ2) is 8.08. The molecule has 0 amide bonds. The molecule has 0 radical (unpaired) electrons. The lowest BCUT2D eigenvalue weighted by Gasteiger charge is -2.36. The molecule has 2 aromatic heterocycles. The first-order chi connectivity index (χ1) is 14.0. The highest BCUT2D eigenvalue weighted by molar-refractivity contribution is 7.17. The van der Waals surface area contributed by atoms with E-state index in [0.717, 1.165) is 0 Å². The number of hydrogen-bond acceptors (Lipinski definition) is 7. The summed E-state index contributed by atoms with van der Waals surface area (Å²) in [4.78, 5) is 19.7. The molecule has 0 aliphatic carbocycles. The minimum absolute atomic E-state index is 0.0219. The Labute approximate surface area is 171 Å². The van der Waals surface area contributed by atoms with Gasteiger partial charge in [-0.25, -0.2) is 9.37 Å². The number of carbonyl (C=O) groups excluding carboxylic acids is 1. The first-order valence-electron chi connectivity index (χ1n) is 9.69. The van der Waals surface area contributed by atoms with Crippen LogP contribution in [0, 0.1) is 18.7 Å². The number of rotatable bonds is 5. The Balaban J connectivity index is 1.69. The van der Waals surface area contributed by atoms with Crippen molar-refractivity contribution < 1.29 is 19.0 Å². The number of fused-ring (bicyclic) bond motifs is 1. The Bertz CT molecular complexity index is 1030. The average molecular weight is 418 g/mol. The summed E-state index contributed by atoms with van der Waals surface area (Å²) in [5, 5.41) is 15.0. The number of carbonyl (C=O) groups is 1. The predicted octanol–water partition coefficient (Wildman–Crippen LogP) is 3.31. The van der Waals surface area contributed by atoms with E-state index in [9.17, 15) is 14.3 Å². The monoisotopic (exact) mass is 418 g/mol. The Morgan fingerprint density at radius 2 is 2.10 bits per heavy atom. The highest BCUT2D eigenvalue weighted by atomic mass is 32.1. The molecule has 154 valence electrons. The van der Waals surface area contributed by atoms with Crippen molar-refractivity contribution in [1.82, 2.24) is 19.5 Å². The lowest BCUT2D eigenvalue weighted by Crippen LogP contribution is -2.39. The van der Waals surface area contributed by atoms with Crippen LogP contribution in [0.1, 0.15) is 42.1 Å². The Kier molecular flexibility index (Phi) is 5.51. The molecular weight excluding hydrogens is 395 g/mol. The number of piperidine rings is 1. The maximum Gasteiger partial charge on any atom is 0.309 e. The van der Waals surface area contributed by atoms with Crippen LogP contribution in [0.25, 0.3) is 4.96 Å². The van der Waals surface area contributed by atoms with E-state index in [1.165, 1.54) is 21.9 Å². The first kappa shape index (κ1) is 19.8. The fraction of sp³-hybridized carbons (Fsp3) is 0.450. The standard InChI is InChI=1S/C20H23FN4O3S/c1-3-28-19(27)13-8-10-24(11-9-13)16(14-6-4-5-7-15(14)21)17-18(26)25-20(29-17)22-12(2)23-25/h4-7,13,16,26H,3,8-11H2,1-2H3. The van der Waals surface area contributed by atoms with E-state index in [1.54, 1.807) is 32.0 Å². The summed E-state index contributed by atoms with van der Waals surface area (Å²) in [6, 6.07) is 6.11. The number of aromatic nitrogens is 3. The van der Waals surface area contributed by atoms with Gasteiger partial charge in [-0.3, -0.25) is 9.69 Å². The van der Waals surface area contributed by atoms with Crippen LogP contribution in [-0.2, 0) is 9.53 Å². The van der Waals surface area contributed by atoms with Crippen LogP contribution in [0.2, 0.25) is 0 Å². The third-order valence-corrected chi connectivity index (χ3v) is 6.34. The molecule has 0 bridgehead atoms. The zero-order chi connectivity index (χ0) is 20.5. The molecule has 1 saturated heterocycles. The molecule has 1 aromatic carbocycles. The van der Waals surface area contributed by atoms with Gasteiger partial charge in [0.1, 0.15) is 11.6 Å². The number of halogens is 1. The summed E-state index contributed by atoms with van der Waals surface area (Å²) < 4.78 is 21.3. The number of nitrogens with zero attached hydrogens (tertiary/aromatic N) is 4. The number of likely N-dealkylation sites (tertiary alicyclic amines) is 1. The molecule has 1 unspecified atom stereocenters. The van der Waals surface area contributed by atoms with Gasteiger partial charge in [-0.05, 0) is 45.8 Å². The number of aryl methyl sites for hydroxylation is 1. The van der Waals surface area contributed by atoms with Crippen LogP contribution >= 0.6 is 11.3 Å². The zero-order valence-electron chi connectivity index (χ0n) is 16.3. The third-order valence-electron chi connectivity index (χ3n) is 5.27. The number of thiazole rings is 1. The topological polar surface area (TPSA) is 80.0 Å². The molecule has 7 nitrogen and oxygen atoms in total. The van der Waals surface area contributed by atoms with Crippen molar-refractivity contribution >= 4 is 22.3 Å².